The molecule has 1 heterocycles. The fraction of sp³-hybridized carbons (Fsp3) is 0.769. The van der Waals surface area contributed by atoms with Gasteiger partial charge in [-0.05, 0) is 36.9 Å². The lowest BCUT2D eigenvalue weighted by Crippen LogP contribution is -2.30. The zero-order valence-electron chi connectivity index (χ0n) is 11.2. The number of nitrogens with zero attached hydrogens (tertiary/aromatic N) is 2. The number of hydrogen-bond acceptors (Lipinski definition) is 3. The minimum atomic E-state index is 0.239. The van der Waals surface area contributed by atoms with Gasteiger partial charge in [0, 0.05) is 25.4 Å². The summed E-state index contributed by atoms with van der Waals surface area (Å²) in [6.45, 7) is 3.38. The third kappa shape index (κ3) is 2.33. The normalized spacial score (nSPS) is 28.2. The molecule has 2 unspecified atom stereocenters. The van der Waals surface area contributed by atoms with Gasteiger partial charge >= 0.3 is 0 Å². The summed E-state index contributed by atoms with van der Waals surface area (Å²) in [5, 5.41) is 10.00. The average Bonchev–Trinajstić information content (AvgIpc) is 2.74. The molecule has 1 aromatic heterocycles. The van der Waals surface area contributed by atoms with Crippen LogP contribution in [-0.2, 0) is 17.8 Å². The van der Waals surface area contributed by atoms with Crippen LogP contribution in [0.3, 0.4) is 0 Å². The number of nitrogens with one attached hydrogen (secondary N) is 2. The second-order valence-corrected chi connectivity index (χ2v) is 5.91. The van der Waals surface area contributed by atoms with Gasteiger partial charge in [-0.1, -0.05) is 13.3 Å². The molecular weight excluding hydrogens is 260 g/mol. The highest BCUT2D eigenvalue weighted by Crippen LogP contribution is 2.57. The van der Waals surface area contributed by atoms with Crippen molar-refractivity contribution in [3.05, 3.63) is 10.6 Å². The molecule has 2 fully saturated rings. The number of fused-ring (bicyclic) bond motifs is 1. The van der Waals surface area contributed by atoms with Crippen LogP contribution in [0.15, 0.2) is 0 Å². The number of amides is 1. The molecule has 2 atom stereocenters. The number of aromatic amines is 1. The van der Waals surface area contributed by atoms with Gasteiger partial charge in [-0.25, -0.2) is 0 Å². The minimum absolute atomic E-state index is 0.239. The number of H-pyrrole nitrogens is 1. The molecule has 19 heavy (non-hydrogen) atoms. The molecule has 5 nitrogen and oxygen atoms in total. The van der Waals surface area contributed by atoms with Crippen LogP contribution in [-0.4, -0.2) is 27.2 Å². The number of aromatic nitrogens is 3. The first-order valence-electron chi connectivity index (χ1n) is 7.14. The molecule has 3 rings (SSSR count). The SMILES string of the molecule is CCc1n[nH]c(=S)n1CCNC(=O)C1C2CCCC21. The van der Waals surface area contributed by atoms with Crippen LogP contribution < -0.4 is 5.32 Å². The summed E-state index contributed by atoms with van der Waals surface area (Å²) in [7, 11) is 0. The van der Waals surface area contributed by atoms with Crippen molar-refractivity contribution < 1.29 is 4.79 Å². The summed E-state index contributed by atoms with van der Waals surface area (Å²) in [4.78, 5) is 12.0. The van der Waals surface area contributed by atoms with Crippen LogP contribution in [0, 0.1) is 22.5 Å². The Morgan fingerprint density at radius 3 is 2.95 bits per heavy atom. The first kappa shape index (κ1) is 12.8. The summed E-state index contributed by atoms with van der Waals surface area (Å²) >= 11 is 5.18. The Bertz CT molecular complexity index is 525. The minimum Gasteiger partial charge on any atom is -0.354 e. The van der Waals surface area contributed by atoms with Gasteiger partial charge < -0.3 is 9.88 Å². The molecule has 0 spiro atoms. The maximum absolute atomic E-state index is 12.0. The van der Waals surface area contributed by atoms with E-state index in [9.17, 15) is 4.79 Å². The van der Waals surface area contributed by atoms with E-state index < -0.39 is 0 Å². The molecule has 0 bridgehead atoms. The van der Waals surface area contributed by atoms with E-state index in [2.05, 4.69) is 15.5 Å². The molecule has 2 N–H and O–H groups in total. The second-order valence-electron chi connectivity index (χ2n) is 5.53. The van der Waals surface area contributed by atoms with E-state index >= 15 is 0 Å². The molecule has 6 heteroatoms. The maximum Gasteiger partial charge on any atom is 0.223 e. The Labute approximate surface area is 117 Å². The molecule has 0 aliphatic heterocycles. The Morgan fingerprint density at radius 1 is 1.53 bits per heavy atom. The molecular formula is C13H20N4OS. The summed E-state index contributed by atoms with van der Waals surface area (Å²) in [6, 6.07) is 0. The molecule has 1 amide bonds. The first-order chi connectivity index (χ1) is 9.22. The fourth-order valence-electron chi connectivity index (χ4n) is 3.47. The number of carbonyl (C=O) groups is 1. The predicted molar refractivity (Wildman–Crippen MR) is 74.1 cm³/mol. The van der Waals surface area contributed by atoms with Crippen LogP contribution in [0.4, 0.5) is 0 Å². The topological polar surface area (TPSA) is 62.7 Å². The molecule has 104 valence electrons. The average molecular weight is 280 g/mol. The first-order valence-corrected chi connectivity index (χ1v) is 7.55. The highest BCUT2D eigenvalue weighted by atomic mass is 32.1. The van der Waals surface area contributed by atoms with E-state index in [4.69, 9.17) is 12.2 Å². The Kier molecular flexibility index (Phi) is 3.43. The Balaban J connectivity index is 1.49. The van der Waals surface area contributed by atoms with Gasteiger partial charge in [-0.2, -0.15) is 5.10 Å². The van der Waals surface area contributed by atoms with Gasteiger partial charge in [0.25, 0.3) is 0 Å². The number of hydrogen-bond donors (Lipinski definition) is 2. The number of aryl methyl sites for hydroxylation is 1. The van der Waals surface area contributed by atoms with Crippen molar-refractivity contribution in [3.8, 4) is 0 Å². The van der Waals surface area contributed by atoms with Gasteiger partial charge in [-0.3, -0.25) is 9.89 Å². The van der Waals surface area contributed by atoms with Gasteiger partial charge in [-0.15, -0.1) is 0 Å². The van der Waals surface area contributed by atoms with Crippen LogP contribution in [0.25, 0.3) is 0 Å². The maximum atomic E-state index is 12.0. The third-order valence-corrected chi connectivity index (χ3v) is 4.81. The quantitative estimate of drug-likeness (QED) is 0.806. The number of carbonyl (C=O) groups excluding carboxylic acids is 1. The van der Waals surface area contributed by atoms with Crippen molar-refractivity contribution in [3.63, 3.8) is 0 Å². The van der Waals surface area contributed by atoms with Crippen molar-refractivity contribution in [1.29, 1.82) is 0 Å². The van der Waals surface area contributed by atoms with Crippen molar-refractivity contribution in [1.82, 2.24) is 20.1 Å². The van der Waals surface area contributed by atoms with Crippen molar-refractivity contribution in [2.24, 2.45) is 17.8 Å². The van der Waals surface area contributed by atoms with Gasteiger partial charge in [0.1, 0.15) is 5.82 Å². The third-order valence-electron chi connectivity index (χ3n) is 4.50. The van der Waals surface area contributed by atoms with E-state index in [0.29, 0.717) is 35.6 Å². The molecule has 0 radical (unpaired) electrons. The van der Waals surface area contributed by atoms with E-state index in [1.807, 2.05) is 11.5 Å². The predicted octanol–water partition coefficient (Wildman–Crippen LogP) is 1.67. The molecule has 1 aromatic rings. The lowest BCUT2D eigenvalue weighted by Gasteiger charge is -2.08. The fourth-order valence-corrected chi connectivity index (χ4v) is 3.71. The molecule has 0 saturated heterocycles. The smallest absolute Gasteiger partial charge is 0.223 e. The van der Waals surface area contributed by atoms with Gasteiger partial charge in [0.15, 0.2) is 4.77 Å². The number of rotatable bonds is 5. The van der Waals surface area contributed by atoms with Crippen LogP contribution in [0.2, 0.25) is 0 Å². The molecule has 2 aliphatic carbocycles. The zero-order valence-corrected chi connectivity index (χ0v) is 12.0. The summed E-state index contributed by atoms with van der Waals surface area (Å²) in [6.07, 6.45) is 4.64. The van der Waals surface area contributed by atoms with Gasteiger partial charge in [0.2, 0.25) is 5.91 Å². The van der Waals surface area contributed by atoms with Gasteiger partial charge in [0.05, 0.1) is 0 Å². The van der Waals surface area contributed by atoms with Crippen molar-refractivity contribution in [2.75, 3.05) is 6.54 Å². The highest BCUT2D eigenvalue weighted by molar-refractivity contribution is 7.71. The van der Waals surface area contributed by atoms with Crippen molar-refractivity contribution in [2.45, 2.75) is 39.2 Å². The lowest BCUT2D eigenvalue weighted by atomic mass is 10.1. The summed E-state index contributed by atoms with van der Waals surface area (Å²) < 4.78 is 2.60. The Hall–Kier alpha value is -1.17. The monoisotopic (exact) mass is 280 g/mol. The Morgan fingerprint density at radius 2 is 2.26 bits per heavy atom. The van der Waals surface area contributed by atoms with Crippen LogP contribution in [0.1, 0.15) is 32.0 Å². The lowest BCUT2D eigenvalue weighted by molar-refractivity contribution is -0.123. The molecule has 0 aromatic carbocycles. The van der Waals surface area contributed by atoms with E-state index in [1.165, 1.54) is 19.3 Å². The van der Waals surface area contributed by atoms with E-state index in [-0.39, 0.29) is 5.91 Å². The second kappa shape index (κ2) is 5.07. The largest absolute Gasteiger partial charge is 0.354 e. The summed E-state index contributed by atoms with van der Waals surface area (Å²) in [5.41, 5.74) is 0. The van der Waals surface area contributed by atoms with E-state index in [0.717, 1.165) is 12.2 Å². The molecule has 2 saturated carbocycles. The van der Waals surface area contributed by atoms with E-state index in [1.54, 1.807) is 0 Å². The highest BCUT2D eigenvalue weighted by Gasteiger charge is 2.56. The van der Waals surface area contributed by atoms with Crippen LogP contribution in [0.5, 0.6) is 0 Å². The zero-order chi connectivity index (χ0) is 13.4. The standard InChI is InChI=1S/C13H20N4OS/c1-2-10-15-16-13(19)17(10)7-6-14-12(18)11-8-4-3-5-9(8)11/h8-9,11H,2-7H2,1H3,(H,14,18)(H,16,19). The van der Waals surface area contributed by atoms with Crippen LogP contribution >= 0.6 is 12.2 Å². The molecule has 2 aliphatic rings. The summed E-state index contributed by atoms with van der Waals surface area (Å²) in [5.74, 6) is 2.85. The van der Waals surface area contributed by atoms with Crippen molar-refractivity contribution >= 4 is 18.1 Å².